The summed E-state index contributed by atoms with van der Waals surface area (Å²) in [6.45, 7) is 1.66. The molecule has 0 saturated carbocycles. The van der Waals surface area contributed by atoms with Crippen LogP contribution in [0.1, 0.15) is 17.3 Å². The Labute approximate surface area is 91.4 Å². The average molecular weight is 223 g/mol. The summed E-state index contributed by atoms with van der Waals surface area (Å²) in [4.78, 5) is 21.6. The molecule has 0 atom stereocenters. The van der Waals surface area contributed by atoms with Crippen molar-refractivity contribution in [3.05, 3.63) is 41.7 Å². The molecule has 0 aromatic heterocycles. The molecule has 1 rings (SSSR count). The van der Waals surface area contributed by atoms with E-state index < -0.39 is 17.7 Å². The topological polar surface area (TPSA) is 66.4 Å². The van der Waals surface area contributed by atoms with Gasteiger partial charge in [0.1, 0.15) is 5.82 Å². The van der Waals surface area contributed by atoms with Crippen molar-refractivity contribution in [1.29, 1.82) is 0 Å². The van der Waals surface area contributed by atoms with Crippen molar-refractivity contribution in [3.63, 3.8) is 0 Å². The fraction of sp³-hybridized carbons (Fsp3) is 0.0909. The number of aromatic carboxylic acids is 1. The van der Waals surface area contributed by atoms with Gasteiger partial charge in [0.25, 0.3) is 0 Å². The Morgan fingerprint density at radius 2 is 2.12 bits per heavy atom. The maximum absolute atomic E-state index is 13.3. The van der Waals surface area contributed by atoms with Crippen molar-refractivity contribution in [2.24, 2.45) is 0 Å². The number of anilines is 1. The van der Waals surface area contributed by atoms with Crippen LogP contribution >= 0.6 is 0 Å². The van der Waals surface area contributed by atoms with E-state index in [2.05, 4.69) is 5.32 Å². The number of carboxylic acids is 1. The van der Waals surface area contributed by atoms with Gasteiger partial charge in [-0.05, 0) is 31.2 Å². The van der Waals surface area contributed by atoms with Crippen LogP contribution in [0, 0.1) is 5.82 Å². The number of allylic oxidation sites excluding steroid dienone is 1. The number of halogens is 1. The zero-order valence-corrected chi connectivity index (χ0v) is 8.53. The lowest BCUT2D eigenvalue weighted by atomic mass is 10.2. The van der Waals surface area contributed by atoms with Gasteiger partial charge >= 0.3 is 5.97 Å². The van der Waals surface area contributed by atoms with E-state index in [4.69, 9.17) is 5.11 Å². The van der Waals surface area contributed by atoms with Gasteiger partial charge in [-0.2, -0.15) is 0 Å². The van der Waals surface area contributed by atoms with Crippen LogP contribution < -0.4 is 5.32 Å². The molecule has 84 valence electrons. The number of carbonyl (C=O) groups excluding carboxylic acids is 1. The highest BCUT2D eigenvalue weighted by atomic mass is 19.1. The molecule has 0 unspecified atom stereocenters. The highest BCUT2D eigenvalue weighted by Crippen LogP contribution is 2.15. The second kappa shape index (κ2) is 5.06. The van der Waals surface area contributed by atoms with E-state index >= 15 is 0 Å². The van der Waals surface area contributed by atoms with E-state index in [0.29, 0.717) is 0 Å². The van der Waals surface area contributed by atoms with Crippen LogP contribution in [0.4, 0.5) is 10.1 Å². The molecule has 0 saturated heterocycles. The van der Waals surface area contributed by atoms with Crippen LogP contribution in [0.15, 0.2) is 30.4 Å². The molecule has 1 aromatic rings. The lowest BCUT2D eigenvalue weighted by Crippen LogP contribution is -2.10. The Bertz CT molecular complexity index is 455. The van der Waals surface area contributed by atoms with Crippen molar-refractivity contribution in [3.8, 4) is 0 Å². The monoisotopic (exact) mass is 223 g/mol. The lowest BCUT2D eigenvalue weighted by Gasteiger charge is -2.04. The fourth-order valence-electron chi connectivity index (χ4n) is 1.08. The summed E-state index contributed by atoms with van der Waals surface area (Å²) in [6.07, 6.45) is 2.75. The molecule has 2 N–H and O–H groups in total. The first-order valence-electron chi connectivity index (χ1n) is 4.51. The Balaban J connectivity index is 2.91. The van der Waals surface area contributed by atoms with Crippen LogP contribution in [0.3, 0.4) is 0 Å². The number of carboxylic acid groups (broad SMARTS) is 1. The molecule has 0 spiro atoms. The van der Waals surface area contributed by atoms with E-state index in [1.165, 1.54) is 24.3 Å². The number of carbonyl (C=O) groups is 2. The largest absolute Gasteiger partial charge is 0.478 e. The second-order valence-electron chi connectivity index (χ2n) is 2.99. The van der Waals surface area contributed by atoms with Gasteiger partial charge in [0.2, 0.25) is 5.91 Å². The quantitative estimate of drug-likeness (QED) is 0.770. The SMILES string of the molecule is CC=CC(=O)Nc1ccc(C(=O)O)cc1F. The number of hydrogen-bond donors (Lipinski definition) is 2. The number of rotatable bonds is 3. The maximum atomic E-state index is 13.3. The molecule has 1 amide bonds. The Kier molecular flexibility index (Phi) is 3.77. The zero-order chi connectivity index (χ0) is 12.1. The summed E-state index contributed by atoms with van der Waals surface area (Å²) >= 11 is 0. The maximum Gasteiger partial charge on any atom is 0.335 e. The molecule has 0 fully saturated rings. The fourth-order valence-corrected chi connectivity index (χ4v) is 1.08. The molecule has 0 aliphatic rings. The van der Waals surface area contributed by atoms with Gasteiger partial charge in [-0.25, -0.2) is 9.18 Å². The minimum Gasteiger partial charge on any atom is -0.478 e. The first-order valence-corrected chi connectivity index (χ1v) is 4.51. The van der Waals surface area contributed by atoms with E-state index in [1.54, 1.807) is 6.92 Å². The molecule has 0 heterocycles. The van der Waals surface area contributed by atoms with Gasteiger partial charge in [0.15, 0.2) is 0 Å². The highest BCUT2D eigenvalue weighted by Gasteiger charge is 2.09. The predicted octanol–water partition coefficient (Wildman–Crippen LogP) is 2.04. The summed E-state index contributed by atoms with van der Waals surface area (Å²) in [5.41, 5.74) is -0.213. The van der Waals surface area contributed by atoms with Gasteiger partial charge in [-0.1, -0.05) is 6.08 Å². The number of amides is 1. The molecule has 0 radical (unpaired) electrons. The van der Waals surface area contributed by atoms with E-state index in [0.717, 1.165) is 6.07 Å². The van der Waals surface area contributed by atoms with Crippen molar-refractivity contribution < 1.29 is 19.1 Å². The third-order valence-electron chi connectivity index (χ3n) is 1.79. The van der Waals surface area contributed by atoms with E-state index in [-0.39, 0.29) is 11.3 Å². The molecule has 0 bridgehead atoms. The zero-order valence-electron chi connectivity index (χ0n) is 8.53. The molecule has 0 aliphatic heterocycles. The molecule has 1 aromatic carbocycles. The van der Waals surface area contributed by atoms with Crippen molar-refractivity contribution in [2.45, 2.75) is 6.92 Å². The Hall–Kier alpha value is -2.17. The normalized spacial score (nSPS) is 10.4. The smallest absolute Gasteiger partial charge is 0.335 e. The molecular weight excluding hydrogens is 213 g/mol. The van der Waals surface area contributed by atoms with Crippen molar-refractivity contribution in [1.82, 2.24) is 0 Å². The van der Waals surface area contributed by atoms with Gasteiger partial charge in [-0.15, -0.1) is 0 Å². The third-order valence-corrected chi connectivity index (χ3v) is 1.79. The van der Waals surface area contributed by atoms with Crippen LogP contribution in [0.25, 0.3) is 0 Å². The standard InChI is InChI=1S/C11H10FNO3/c1-2-3-10(14)13-9-5-4-7(11(15)16)6-8(9)12/h2-6H,1H3,(H,13,14)(H,15,16). The lowest BCUT2D eigenvalue weighted by molar-refractivity contribution is -0.111. The van der Waals surface area contributed by atoms with Crippen molar-refractivity contribution >= 4 is 17.6 Å². The average Bonchev–Trinajstić information content (AvgIpc) is 2.21. The third kappa shape index (κ3) is 2.91. The molecule has 4 nitrogen and oxygen atoms in total. The highest BCUT2D eigenvalue weighted by molar-refractivity contribution is 5.99. The first-order chi connectivity index (χ1) is 7.54. The van der Waals surface area contributed by atoms with Crippen molar-refractivity contribution in [2.75, 3.05) is 5.32 Å². The molecule has 5 heteroatoms. The van der Waals surface area contributed by atoms with Crippen LogP contribution in [0.2, 0.25) is 0 Å². The molecule has 0 aliphatic carbocycles. The van der Waals surface area contributed by atoms with Crippen LogP contribution in [-0.4, -0.2) is 17.0 Å². The summed E-state index contributed by atoms with van der Waals surface area (Å²) in [5, 5.41) is 10.9. The number of benzene rings is 1. The predicted molar refractivity (Wildman–Crippen MR) is 56.8 cm³/mol. The minimum absolute atomic E-state index is 0.0481. The van der Waals surface area contributed by atoms with Crippen LogP contribution in [-0.2, 0) is 4.79 Å². The van der Waals surface area contributed by atoms with Gasteiger partial charge in [-0.3, -0.25) is 4.79 Å². The van der Waals surface area contributed by atoms with E-state index in [1.807, 2.05) is 0 Å². The summed E-state index contributed by atoms with van der Waals surface area (Å²) < 4.78 is 13.3. The minimum atomic E-state index is -1.22. The Morgan fingerprint density at radius 3 is 2.62 bits per heavy atom. The summed E-state index contributed by atoms with van der Waals surface area (Å²) in [5.74, 6) is -2.47. The molecular formula is C11H10FNO3. The Morgan fingerprint density at radius 1 is 1.44 bits per heavy atom. The molecule has 16 heavy (non-hydrogen) atoms. The van der Waals surface area contributed by atoms with Gasteiger partial charge in [0.05, 0.1) is 11.3 Å². The number of nitrogens with one attached hydrogen (secondary N) is 1. The summed E-state index contributed by atoms with van der Waals surface area (Å²) in [7, 11) is 0. The van der Waals surface area contributed by atoms with Gasteiger partial charge < -0.3 is 10.4 Å². The first kappa shape index (κ1) is 11.9. The number of hydrogen-bond acceptors (Lipinski definition) is 2. The van der Waals surface area contributed by atoms with Gasteiger partial charge in [0, 0.05) is 0 Å². The summed E-state index contributed by atoms with van der Waals surface area (Å²) in [6, 6.07) is 3.28. The second-order valence-corrected chi connectivity index (χ2v) is 2.99. The van der Waals surface area contributed by atoms with E-state index in [9.17, 15) is 14.0 Å². The van der Waals surface area contributed by atoms with Crippen LogP contribution in [0.5, 0.6) is 0 Å².